The van der Waals surface area contributed by atoms with Crippen molar-refractivity contribution in [1.82, 2.24) is 10.2 Å². The predicted molar refractivity (Wildman–Crippen MR) is 126 cm³/mol. The maximum atomic E-state index is 13.4. The Balaban J connectivity index is 1.90. The number of carbonyl (C=O) groups excluding carboxylic acids is 1. The van der Waals surface area contributed by atoms with Crippen LogP contribution in [0.1, 0.15) is 38.7 Å². The Hall–Kier alpha value is -2.45. The SMILES string of the molecule is C=C(Cl)/N=C1\C(=C/C)NC(=NCc2ccc(S(C)(=N)=O)cc2)C(=O)N1C(C)C1CCC1. The third-order valence-corrected chi connectivity index (χ3v) is 6.95. The molecule has 31 heavy (non-hydrogen) atoms. The second-order valence-corrected chi connectivity index (χ2v) is 10.5. The highest BCUT2D eigenvalue weighted by molar-refractivity contribution is 7.91. The monoisotopic (exact) mass is 461 g/mol. The summed E-state index contributed by atoms with van der Waals surface area (Å²) in [6.07, 6.45) is 6.54. The molecule has 2 atom stereocenters. The van der Waals surface area contributed by atoms with Crippen molar-refractivity contribution in [3.8, 4) is 0 Å². The van der Waals surface area contributed by atoms with Crippen LogP contribution in [-0.2, 0) is 21.1 Å². The summed E-state index contributed by atoms with van der Waals surface area (Å²) in [6.45, 7) is 7.82. The van der Waals surface area contributed by atoms with Crippen LogP contribution >= 0.6 is 11.6 Å². The van der Waals surface area contributed by atoms with Crippen LogP contribution in [0.2, 0.25) is 0 Å². The molecular weight excluding hydrogens is 434 g/mol. The topological polar surface area (TPSA) is 98.0 Å². The van der Waals surface area contributed by atoms with Crippen LogP contribution in [0.4, 0.5) is 0 Å². The van der Waals surface area contributed by atoms with E-state index in [0.717, 1.165) is 18.4 Å². The van der Waals surface area contributed by atoms with E-state index in [1.807, 2.05) is 19.9 Å². The van der Waals surface area contributed by atoms with Crippen LogP contribution in [0.3, 0.4) is 0 Å². The molecule has 2 N–H and O–H groups in total. The molecule has 2 fully saturated rings. The molecule has 1 heterocycles. The van der Waals surface area contributed by atoms with Crippen molar-refractivity contribution in [2.24, 2.45) is 15.9 Å². The zero-order chi connectivity index (χ0) is 22.8. The van der Waals surface area contributed by atoms with E-state index in [2.05, 4.69) is 21.9 Å². The molecule has 2 unspecified atom stereocenters. The van der Waals surface area contributed by atoms with Gasteiger partial charge in [-0.1, -0.05) is 42.8 Å². The number of hydrogen-bond acceptors (Lipinski definition) is 5. The number of aliphatic imine (C=N–C) groups is 2. The normalized spacial score (nSPS) is 24.1. The number of carbonyl (C=O) groups is 1. The van der Waals surface area contributed by atoms with Crippen LogP contribution in [0.25, 0.3) is 0 Å². The van der Waals surface area contributed by atoms with Crippen molar-refractivity contribution in [2.75, 3.05) is 6.26 Å². The molecule has 0 aromatic heterocycles. The summed E-state index contributed by atoms with van der Waals surface area (Å²) < 4.78 is 19.5. The van der Waals surface area contributed by atoms with Crippen LogP contribution in [0.15, 0.2) is 62.7 Å². The van der Waals surface area contributed by atoms with E-state index >= 15 is 0 Å². The number of piperazine rings is 1. The highest BCUT2D eigenvalue weighted by atomic mass is 35.5. The fourth-order valence-electron chi connectivity index (χ4n) is 3.65. The molecule has 0 radical (unpaired) electrons. The molecule has 0 spiro atoms. The third-order valence-electron chi connectivity index (χ3n) is 5.69. The van der Waals surface area contributed by atoms with E-state index in [1.165, 1.54) is 12.7 Å². The van der Waals surface area contributed by atoms with E-state index in [1.54, 1.807) is 29.2 Å². The fourth-order valence-corrected chi connectivity index (χ4v) is 4.39. The molecule has 166 valence electrons. The molecule has 2 aliphatic rings. The second kappa shape index (κ2) is 9.36. The Morgan fingerprint density at radius 1 is 1.42 bits per heavy atom. The Morgan fingerprint density at radius 2 is 2.06 bits per heavy atom. The van der Waals surface area contributed by atoms with Crippen molar-refractivity contribution in [1.29, 1.82) is 4.78 Å². The molecule has 0 bridgehead atoms. The molecule has 9 heteroatoms. The molecule has 1 aliphatic heterocycles. The molecule has 1 amide bonds. The first-order valence-corrected chi connectivity index (χ1v) is 12.5. The van der Waals surface area contributed by atoms with Gasteiger partial charge >= 0.3 is 0 Å². The Kier molecular flexibility index (Phi) is 7.01. The van der Waals surface area contributed by atoms with E-state index in [9.17, 15) is 9.00 Å². The second-order valence-electron chi connectivity index (χ2n) is 7.90. The first-order chi connectivity index (χ1) is 14.6. The lowest BCUT2D eigenvalue weighted by Crippen LogP contribution is -2.59. The van der Waals surface area contributed by atoms with E-state index in [4.69, 9.17) is 16.4 Å². The number of rotatable bonds is 6. The zero-order valence-corrected chi connectivity index (χ0v) is 19.6. The van der Waals surface area contributed by atoms with Crippen LogP contribution in [0.5, 0.6) is 0 Å². The van der Waals surface area contributed by atoms with E-state index in [0.29, 0.717) is 22.3 Å². The number of amides is 1. The Morgan fingerprint density at radius 3 is 2.55 bits per heavy atom. The van der Waals surface area contributed by atoms with Crippen LogP contribution in [0, 0.1) is 10.7 Å². The van der Waals surface area contributed by atoms with E-state index in [-0.39, 0.29) is 29.5 Å². The number of nitrogens with zero attached hydrogens (tertiary/aromatic N) is 3. The number of nitrogens with one attached hydrogen (secondary N) is 2. The third kappa shape index (κ3) is 5.25. The molecule has 1 aromatic carbocycles. The van der Waals surface area contributed by atoms with Crippen molar-refractivity contribution < 1.29 is 9.00 Å². The van der Waals surface area contributed by atoms with Gasteiger partial charge in [0.1, 0.15) is 5.16 Å². The van der Waals surface area contributed by atoms with Gasteiger partial charge in [0.15, 0.2) is 11.7 Å². The lowest BCUT2D eigenvalue weighted by Gasteiger charge is -2.42. The maximum absolute atomic E-state index is 13.4. The van der Waals surface area contributed by atoms with Gasteiger partial charge in [0.25, 0.3) is 5.91 Å². The summed E-state index contributed by atoms with van der Waals surface area (Å²) in [5, 5.41) is 3.20. The molecule has 1 saturated carbocycles. The molecule has 1 aliphatic carbocycles. The fraction of sp³-hybridized carbons (Fsp3) is 0.409. The molecule has 1 aromatic rings. The number of hydrogen-bond donors (Lipinski definition) is 2. The molecule has 7 nitrogen and oxygen atoms in total. The summed E-state index contributed by atoms with van der Waals surface area (Å²) >= 11 is 5.96. The van der Waals surface area contributed by atoms with Crippen molar-refractivity contribution >= 4 is 38.9 Å². The average molecular weight is 462 g/mol. The highest BCUT2D eigenvalue weighted by Gasteiger charge is 2.40. The van der Waals surface area contributed by atoms with Gasteiger partial charge in [0.05, 0.1) is 22.0 Å². The quantitative estimate of drug-likeness (QED) is 0.619. The number of amidine groups is 2. The maximum Gasteiger partial charge on any atom is 0.295 e. The first-order valence-electron chi connectivity index (χ1n) is 10.2. The van der Waals surface area contributed by atoms with Gasteiger partial charge in [-0.2, -0.15) is 0 Å². The van der Waals surface area contributed by atoms with Gasteiger partial charge in [-0.15, -0.1) is 0 Å². The lowest BCUT2D eigenvalue weighted by molar-refractivity contribution is -0.123. The average Bonchev–Trinajstić information content (AvgIpc) is 2.65. The number of halogens is 1. The number of allylic oxidation sites excluding steroid dienone is 1. The minimum atomic E-state index is -2.76. The molecule has 1 saturated heterocycles. The van der Waals surface area contributed by atoms with Crippen molar-refractivity contribution in [3.05, 3.63) is 53.3 Å². The minimum absolute atomic E-state index is 0.0349. The number of benzene rings is 1. The Labute approximate surface area is 189 Å². The molecular formula is C22H28ClN5O2S. The van der Waals surface area contributed by atoms with Crippen molar-refractivity contribution in [2.45, 2.75) is 50.6 Å². The largest absolute Gasteiger partial charge is 0.333 e. The summed E-state index contributed by atoms with van der Waals surface area (Å²) in [5.41, 5.74) is 1.50. The zero-order valence-electron chi connectivity index (χ0n) is 18.0. The summed E-state index contributed by atoms with van der Waals surface area (Å²) in [6, 6.07) is 6.85. The van der Waals surface area contributed by atoms with Gasteiger partial charge in [0, 0.05) is 17.2 Å². The van der Waals surface area contributed by atoms with Gasteiger partial charge < -0.3 is 5.32 Å². The van der Waals surface area contributed by atoms with Crippen LogP contribution < -0.4 is 5.32 Å². The first kappa shape index (κ1) is 23.2. The summed E-state index contributed by atoms with van der Waals surface area (Å²) in [5.74, 6) is 0.864. The standard InChI is InChI=1S/C22H28ClN5O2S/c1-5-19-21(26-15(3)23)28(14(2)17-7-6-8-17)22(29)20(27-19)25-13-16-9-11-18(12-10-16)31(4,24)30/h5,9-12,14,17,24H,3,6-8,13H2,1-2,4H3,(H,25,27)/b19-5+,26-21+. The van der Waals surface area contributed by atoms with Gasteiger partial charge in [-0.05, 0) is 50.3 Å². The summed E-state index contributed by atoms with van der Waals surface area (Å²) in [7, 11) is -2.76. The Bertz CT molecular complexity index is 1070. The van der Waals surface area contributed by atoms with Gasteiger partial charge in [-0.3, -0.25) is 14.7 Å². The van der Waals surface area contributed by atoms with Gasteiger partial charge in [-0.25, -0.2) is 14.0 Å². The predicted octanol–water partition coefficient (Wildman–Crippen LogP) is 4.25. The van der Waals surface area contributed by atoms with Gasteiger partial charge in [0.2, 0.25) is 0 Å². The molecule has 3 rings (SSSR count). The highest BCUT2D eigenvalue weighted by Crippen LogP contribution is 2.33. The minimum Gasteiger partial charge on any atom is -0.333 e. The van der Waals surface area contributed by atoms with Crippen molar-refractivity contribution in [3.63, 3.8) is 0 Å². The lowest BCUT2D eigenvalue weighted by atomic mass is 9.79. The summed E-state index contributed by atoms with van der Waals surface area (Å²) in [4.78, 5) is 24.4. The smallest absolute Gasteiger partial charge is 0.295 e. The van der Waals surface area contributed by atoms with E-state index < -0.39 is 9.73 Å². The van der Waals surface area contributed by atoms with Crippen LogP contribution in [-0.4, -0.2) is 39.0 Å².